The zero-order valence-corrected chi connectivity index (χ0v) is 11.3. The van der Waals surface area contributed by atoms with Crippen LogP contribution in [0.1, 0.15) is 12.0 Å². The van der Waals surface area contributed by atoms with Gasteiger partial charge < -0.3 is 10.1 Å². The normalized spacial score (nSPS) is 19.5. The lowest BCUT2D eigenvalue weighted by Gasteiger charge is -2.15. The second-order valence-corrected chi connectivity index (χ2v) is 5.15. The molecule has 2 rings (SSSR count). The number of nitrogens with one attached hydrogen (secondary N) is 1. The van der Waals surface area contributed by atoms with Crippen molar-refractivity contribution in [3.63, 3.8) is 0 Å². The molecule has 0 aliphatic carbocycles. The van der Waals surface area contributed by atoms with Gasteiger partial charge >= 0.3 is 6.18 Å². The molecule has 0 bridgehead atoms. The Balaban J connectivity index is 2.22. The zero-order chi connectivity index (χ0) is 14.0. The average Bonchev–Trinajstić information content (AvgIpc) is 2.83. The molecule has 104 valence electrons. The van der Waals surface area contributed by atoms with Gasteiger partial charge in [0.05, 0.1) is 23.8 Å². The van der Waals surface area contributed by atoms with Gasteiger partial charge in [-0.2, -0.15) is 13.2 Å². The van der Waals surface area contributed by atoms with Crippen molar-refractivity contribution >= 4 is 27.5 Å². The number of halogens is 4. The molecular weight excluding hydrogens is 327 g/mol. The lowest BCUT2D eigenvalue weighted by Crippen LogP contribution is -2.24. The van der Waals surface area contributed by atoms with E-state index >= 15 is 0 Å². The molecule has 1 aromatic carbocycles. The molecular formula is C12H11BrF3NO2. The Bertz CT molecular complexity index is 484. The van der Waals surface area contributed by atoms with Crippen LogP contribution in [-0.2, 0) is 15.7 Å². The third-order valence-corrected chi connectivity index (χ3v) is 3.34. The topological polar surface area (TPSA) is 38.3 Å². The Labute approximate surface area is 116 Å². The lowest BCUT2D eigenvalue weighted by atomic mass is 10.1. The molecule has 3 nitrogen and oxygen atoms in total. The minimum atomic E-state index is -4.52. The minimum absolute atomic E-state index is 0.229. The smallest absolute Gasteiger partial charge is 0.381 e. The first kappa shape index (κ1) is 14.3. The maximum atomic E-state index is 12.9. The van der Waals surface area contributed by atoms with Crippen LogP contribution in [0.25, 0.3) is 0 Å². The van der Waals surface area contributed by atoms with Crippen LogP contribution in [0.15, 0.2) is 22.7 Å². The number of rotatable bonds is 2. The van der Waals surface area contributed by atoms with Gasteiger partial charge in [0.25, 0.3) is 0 Å². The molecule has 0 aromatic heterocycles. The van der Waals surface area contributed by atoms with Crippen LogP contribution in [0.5, 0.6) is 0 Å². The Morgan fingerprint density at radius 2 is 2.16 bits per heavy atom. The monoisotopic (exact) mass is 337 g/mol. The van der Waals surface area contributed by atoms with Crippen molar-refractivity contribution in [3.05, 3.63) is 28.2 Å². The summed E-state index contributed by atoms with van der Waals surface area (Å²) >= 11 is 2.99. The van der Waals surface area contributed by atoms with Gasteiger partial charge in [0, 0.05) is 11.1 Å². The fraction of sp³-hybridized carbons (Fsp3) is 0.417. The third-order valence-electron chi connectivity index (χ3n) is 2.85. The summed E-state index contributed by atoms with van der Waals surface area (Å²) < 4.78 is 43.9. The highest BCUT2D eigenvalue weighted by molar-refractivity contribution is 9.10. The number of benzene rings is 1. The van der Waals surface area contributed by atoms with E-state index in [0.29, 0.717) is 17.5 Å². The van der Waals surface area contributed by atoms with Crippen molar-refractivity contribution in [2.24, 2.45) is 5.92 Å². The first-order chi connectivity index (χ1) is 8.88. The SMILES string of the molecule is O=C(Nc1ccc(Br)cc1C(F)(F)F)C1CCOC1. The highest BCUT2D eigenvalue weighted by atomic mass is 79.9. The number of hydrogen-bond acceptors (Lipinski definition) is 2. The Morgan fingerprint density at radius 1 is 1.42 bits per heavy atom. The van der Waals surface area contributed by atoms with E-state index in [4.69, 9.17) is 4.74 Å². The van der Waals surface area contributed by atoms with Crippen LogP contribution in [0, 0.1) is 5.92 Å². The van der Waals surface area contributed by atoms with Crippen LogP contribution in [0.4, 0.5) is 18.9 Å². The van der Waals surface area contributed by atoms with E-state index in [-0.39, 0.29) is 18.2 Å². The summed E-state index contributed by atoms with van der Waals surface area (Å²) in [4.78, 5) is 11.8. The fourth-order valence-electron chi connectivity index (χ4n) is 1.84. The van der Waals surface area contributed by atoms with Crippen molar-refractivity contribution in [1.82, 2.24) is 0 Å². The van der Waals surface area contributed by atoms with Crippen LogP contribution in [0.2, 0.25) is 0 Å². The van der Waals surface area contributed by atoms with E-state index in [2.05, 4.69) is 21.2 Å². The number of carbonyl (C=O) groups is 1. The number of carbonyl (C=O) groups excluding carboxylic acids is 1. The number of anilines is 1. The molecule has 1 amide bonds. The molecule has 0 saturated carbocycles. The summed E-state index contributed by atoms with van der Waals surface area (Å²) in [7, 11) is 0. The highest BCUT2D eigenvalue weighted by Gasteiger charge is 2.35. The van der Waals surface area contributed by atoms with Gasteiger partial charge in [-0.05, 0) is 24.6 Å². The predicted octanol–water partition coefficient (Wildman–Crippen LogP) is 3.44. The van der Waals surface area contributed by atoms with Crippen LogP contribution < -0.4 is 5.32 Å². The molecule has 1 heterocycles. The second-order valence-electron chi connectivity index (χ2n) is 4.24. The van der Waals surface area contributed by atoms with Crippen molar-refractivity contribution in [1.29, 1.82) is 0 Å². The standard InChI is InChI=1S/C12H11BrF3NO2/c13-8-1-2-10(9(5-8)12(14,15)16)17-11(18)7-3-4-19-6-7/h1-2,5,7H,3-4,6H2,(H,17,18). The molecule has 1 fully saturated rings. The lowest BCUT2D eigenvalue weighted by molar-refractivity contribution is -0.137. The molecule has 1 atom stereocenters. The molecule has 19 heavy (non-hydrogen) atoms. The Morgan fingerprint density at radius 3 is 2.74 bits per heavy atom. The van der Waals surface area contributed by atoms with Gasteiger partial charge in [0.15, 0.2) is 0 Å². The van der Waals surface area contributed by atoms with Gasteiger partial charge in [0.1, 0.15) is 0 Å². The number of alkyl halides is 3. The summed E-state index contributed by atoms with van der Waals surface area (Å²) in [6.45, 7) is 0.717. The summed E-state index contributed by atoms with van der Waals surface area (Å²) in [5.41, 5.74) is -1.10. The number of hydrogen-bond donors (Lipinski definition) is 1. The van der Waals surface area contributed by atoms with E-state index in [9.17, 15) is 18.0 Å². The van der Waals surface area contributed by atoms with Gasteiger partial charge in [0.2, 0.25) is 5.91 Å². The molecule has 0 radical (unpaired) electrons. The summed E-state index contributed by atoms with van der Waals surface area (Å²) in [5.74, 6) is -0.824. The van der Waals surface area contributed by atoms with Crippen molar-refractivity contribution in [3.8, 4) is 0 Å². The van der Waals surface area contributed by atoms with E-state index < -0.39 is 17.6 Å². The molecule has 1 aliphatic heterocycles. The molecule has 0 spiro atoms. The first-order valence-electron chi connectivity index (χ1n) is 5.63. The van der Waals surface area contributed by atoms with Crippen LogP contribution >= 0.6 is 15.9 Å². The maximum Gasteiger partial charge on any atom is 0.418 e. The second kappa shape index (κ2) is 5.50. The third kappa shape index (κ3) is 3.48. The van der Waals surface area contributed by atoms with E-state index in [1.807, 2.05) is 0 Å². The van der Waals surface area contributed by atoms with Crippen molar-refractivity contribution in [2.75, 3.05) is 18.5 Å². The largest absolute Gasteiger partial charge is 0.418 e. The fourth-order valence-corrected chi connectivity index (χ4v) is 2.20. The predicted molar refractivity (Wildman–Crippen MR) is 66.7 cm³/mol. The van der Waals surface area contributed by atoms with Crippen LogP contribution in [-0.4, -0.2) is 19.1 Å². The Kier molecular flexibility index (Phi) is 4.15. The first-order valence-corrected chi connectivity index (χ1v) is 6.42. The summed E-state index contributed by atoms with van der Waals surface area (Å²) in [6.07, 6.45) is -3.98. The van der Waals surface area contributed by atoms with Gasteiger partial charge in [-0.15, -0.1) is 0 Å². The molecule has 7 heteroatoms. The molecule has 1 unspecified atom stereocenters. The van der Waals surface area contributed by atoms with Crippen LogP contribution in [0.3, 0.4) is 0 Å². The van der Waals surface area contributed by atoms with Crippen molar-refractivity contribution < 1.29 is 22.7 Å². The van der Waals surface area contributed by atoms with E-state index in [1.165, 1.54) is 12.1 Å². The maximum absolute atomic E-state index is 12.9. The van der Waals surface area contributed by atoms with Gasteiger partial charge in [-0.25, -0.2) is 0 Å². The van der Waals surface area contributed by atoms with Crippen molar-refractivity contribution in [2.45, 2.75) is 12.6 Å². The van der Waals surface area contributed by atoms with E-state index in [0.717, 1.165) is 6.07 Å². The summed E-state index contributed by atoms with van der Waals surface area (Å²) in [6, 6.07) is 3.64. The molecule has 1 saturated heterocycles. The van der Waals surface area contributed by atoms with E-state index in [1.54, 1.807) is 0 Å². The Hall–Kier alpha value is -1.08. The van der Waals surface area contributed by atoms with Gasteiger partial charge in [-0.3, -0.25) is 4.79 Å². The molecule has 1 N–H and O–H groups in total. The van der Waals surface area contributed by atoms with Gasteiger partial charge in [-0.1, -0.05) is 15.9 Å². The highest BCUT2D eigenvalue weighted by Crippen LogP contribution is 2.36. The average molecular weight is 338 g/mol. The number of ether oxygens (including phenoxy) is 1. The molecule has 1 aromatic rings. The molecule has 1 aliphatic rings. The minimum Gasteiger partial charge on any atom is -0.381 e. The summed E-state index contributed by atoms with van der Waals surface area (Å²) in [5, 5.41) is 2.33. The quantitative estimate of drug-likeness (QED) is 0.897. The number of amides is 1. The zero-order valence-electron chi connectivity index (χ0n) is 9.76.